The Morgan fingerprint density at radius 1 is 1.07 bits per heavy atom. The standard InChI is InChI=1S/C19H21F3N2O3S/c1-13(14-5-10-17(21)18(22)12-14)23-19(25)4-3-11-24(2)28(26,27)16-8-6-15(20)7-9-16/h5-10,12-13H,3-4,11H2,1-2H3,(H,23,25). The van der Waals surface area contributed by atoms with Gasteiger partial charge < -0.3 is 5.32 Å². The van der Waals surface area contributed by atoms with Gasteiger partial charge in [0.1, 0.15) is 5.82 Å². The van der Waals surface area contributed by atoms with Crippen LogP contribution in [0.5, 0.6) is 0 Å². The second-order valence-corrected chi connectivity index (χ2v) is 8.39. The maximum Gasteiger partial charge on any atom is 0.242 e. The Hall–Kier alpha value is -2.39. The molecule has 0 bridgehead atoms. The lowest BCUT2D eigenvalue weighted by atomic mass is 10.1. The van der Waals surface area contributed by atoms with Crippen molar-refractivity contribution in [3.63, 3.8) is 0 Å². The molecule has 0 fully saturated rings. The molecule has 0 heterocycles. The van der Waals surface area contributed by atoms with Crippen LogP contribution in [-0.4, -0.2) is 32.2 Å². The topological polar surface area (TPSA) is 66.5 Å². The van der Waals surface area contributed by atoms with E-state index in [9.17, 15) is 26.4 Å². The van der Waals surface area contributed by atoms with Crippen molar-refractivity contribution >= 4 is 15.9 Å². The largest absolute Gasteiger partial charge is 0.350 e. The van der Waals surface area contributed by atoms with Gasteiger partial charge in [-0.2, -0.15) is 0 Å². The van der Waals surface area contributed by atoms with E-state index in [1.807, 2.05) is 0 Å². The maximum atomic E-state index is 13.3. The monoisotopic (exact) mass is 414 g/mol. The first-order valence-corrected chi connectivity index (χ1v) is 10.0. The third kappa shape index (κ3) is 5.56. The highest BCUT2D eigenvalue weighted by molar-refractivity contribution is 7.89. The predicted molar refractivity (Wildman–Crippen MR) is 98.4 cm³/mol. The summed E-state index contributed by atoms with van der Waals surface area (Å²) in [7, 11) is -2.40. The number of carbonyl (C=O) groups is 1. The molecular formula is C19H21F3N2O3S. The van der Waals surface area contributed by atoms with E-state index in [1.54, 1.807) is 6.92 Å². The van der Waals surface area contributed by atoms with Gasteiger partial charge in [-0.05, 0) is 55.3 Å². The molecule has 1 atom stereocenters. The number of amides is 1. The summed E-state index contributed by atoms with van der Waals surface area (Å²) in [6.45, 7) is 1.72. The summed E-state index contributed by atoms with van der Waals surface area (Å²) in [6.07, 6.45) is 0.310. The molecule has 1 N–H and O–H groups in total. The van der Waals surface area contributed by atoms with Crippen LogP contribution in [0.15, 0.2) is 47.4 Å². The number of hydrogen-bond donors (Lipinski definition) is 1. The minimum absolute atomic E-state index is 0.0344. The summed E-state index contributed by atoms with van der Waals surface area (Å²) in [5, 5.41) is 2.66. The first kappa shape index (κ1) is 21.9. The lowest BCUT2D eigenvalue weighted by Crippen LogP contribution is -2.30. The molecule has 5 nitrogen and oxygen atoms in total. The first-order valence-electron chi connectivity index (χ1n) is 8.57. The fourth-order valence-corrected chi connectivity index (χ4v) is 3.76. The van der Waals surface area contributed by atoms with Crippen molar-refractivity contribution in [2.75, 3.05) is 13.6 Å². The number of sulfonamides is 1. The molecule has 9 heteroatoms. The Balaban J connectivity index is 1.85. The number of halogens is 3. The van der Waals surface area contributed by atoms with E-state index in [-0.39, 0.29) is 30.2 Å². The molecular weight excluding hydrogens is 393 g/mol. The second-order valence-electron chi connectivity index (χ2n) is 6.35. The molecule has 0 spiro atoms. The smallest absolute Gasteiger partial charge is 0.242 e. The first-order chi connectivity index (χ1) is 13.1. The summed E-state index contributed by atoms with van der Waals surface area (Å²) in [4.78, 5) is 12.0. The number of nitrogens with one attached hydrogen (secondary N) is 1. The predicted octanol–water partition coefficient (Wildman–Crippen LogP) is 3.38. The second kappa shape index (κ2) is 9.20. The average molecular weight is 414 g/mol. The van der Waals surface area contributed by atoms with Gasteiger partial charge in [0.25, 0.3) is 0 Å². The van der Waals surface area contributed by atoms with Gasteiger partial charge in [0, 0.05) is 20.0 Å². The highest BCUT2D eigenvalue weighted by Crippen LogP contribution is 2.17. The number of hydrogen-bond acceptors (Lipinski definition) is 3. The van der Waals surface area contributed by atoms with E-state index < -0.39 is 33.5 Å². The van der Waals surface area contributed by atoms with Crippen molar-refractivity contribution in [3.05, 3.63) is 65.5 Å². The summed E-state index contributed by atoms with van der Waals surface area (Å²) < 4.78 is 65.0. The van der Waals surface area contributed by atoms with Gasteiger partial charge in [-0.25, -0.2) is 25.9 Å². The molecule has 0 aliphatic carbocycles. The molecule has 0 saturated heterocycles. The number of benzene rings is 2. The van der Waals surface area contributed by atoms with Gasteiger partial charge >= 0.3 is 0 Å². The summed E-state index contributed by atoms with van der Waals surface area (Å²) in [5.74, 6) is -2.84. The van der Waals surface area contributed by atoms with Gasteiger partial charge in [0.15, 0.2) is 11.6 Å². The van der Waals surface area contributed by atoms with Crippen molar-refractivity contribution in [1.82, 2.24) is 9.62 Å². The van der Waals surface area contributed by atoms with E-state index in [1.165, 1.54) is 25.2 Å². The van der Waals surface area contributed by atoms with Gasteiger partial charge in [-0.3, -0.25) is 4.79 Å². The third-order valence-corrected chi connectivity index (χ3v) is 6.09. The Morgan fingerprint density at radius 3 is 2.32 bits per heavy atom. The lowest BCUT2D eigenvalue weighted by molar-refractivity contribution is -0.121. The Kier molecular flexibility index (Phi) is 7.20. The van der Waals surface area contributed by atoms with E-state index >= 15 is 0 Å². The molecule has 2 aromatic carbocycles. The molecule has 0 aliphatic rings. The van der Waals surface area contributed by atoms with E-state index in [2.05, 4.69) is 5.32 Å². The number of nitrogens with zero attached hydrogens (tertiary/aromatic N) is 1. The van der Waals surface area contributed by atoms with Crippen LogP contribution < -0.4 is 5.32 Å². The van der Waals surface area contributed by atoms with Crippen LogP contribution >= 0.6 is 0 Å². The Labute approximate surface area is 162 Å². The summed E-state index contributed by atoms with van der Waals surface area (Å²) >= 11 is 0. The molecule has 0 saturated carbocycles. The van der Waals surface area contributed by atoms with Crippen LogP contribution in [-0.2, 0) is 14.8 Å². The normalized spacial score (nSPS) is 12.8. The SMILES string of the molecule is CC(NC(=O)CCCN(C)S(=O)(=O)c1ccc(F)cc1)c1ccc(F)c(F)c1. The molecule has 0 aromatic heterocycles. The minimum Gasteiger partial charge on any atom is -0.350 e. The highest BCUT2D eigenvalue weighted by atomic mass is 32.2. The van der Waals surface area contributed by atoms with Crippen LogP contribution in [0.25, 0.3) is 0 Å². The van der Waals surface area contributed by atoms with Crippen LogP contribution in [0.4, 0.5) is 13.2 Å². The molecule has 28 heavy (non-hydrogen) atoms. The molecule has 1 unspecified atom stereocenters. The molecule has 2 aromatic rings. The van der Waals surface area contributed by atoms with Gasteiger partial charge in [0.05, 0.1) is 10.9 Å². The van der Waals surface area contributed by atoms with Gasteiger partial charge in [0.2, 0.25) is 15.9 Å². The average Bonchev–Trinajstić information content (AvgIpc) is 2.64. The molecule has 2 rings (SSSR count). The van der Waals surface area contributed by atoms with Crippen LogP contribution in [0.2, 0.25) is 0 Å². The van der Waals surface area contributed by atoms with E-state index in [0.29, 0.717) is 5.56 Å². The highest BCUT2D eigenvalue weighted by Gasteiger charge is 2.21. The minimum atomic E-state index is -3.77. The zero-order valence-electron chi connectivity index (χ0n) is 15.5. The van der Waals surface area contributed by atoms with Crippen LogP contribution in [0.1, 0.15) is 31.4 Å². The van der Waals surface area contributed by atoms with Crippen molar-refractivity contribution in [3.8, 4) is 0 Å². The number of carbonyl (C=O) groups excluding carboxylic acids is 1. The quantitative estimate of drug-likeness (QED) is 0.720. The van der Waals surface area contributed by atoms with Gasteiger partial charge in [-0.15, -0.1) is 0 Å². The molecule has 1 amide bonds. The van der Waals surface area contributed by atoms with Crippen molar-refractivity contribution in [1.29, 1.82) is 0 Å². The van der Waals surface area contributed by atoms with Crippen LogP contribution in [0, 0.1) is 17.5 Å². The van der Waals surface area contributed by atoms with Crippen molar-refractivity contribution in [2.24, 2.45) is 0 Å². The Morgan fingerprint density at radius 2 is 1.71 bits per heavy atom. The van der Waals surface area contributed by atoms with Crippen LogP contribution in [0.3, 0.4) is 0 Å². The number of rotatable bonds is 8. The Bertz CT molecular complexity index is 934. The zero-order valence-corrected chi connectivity index (χ0v) is 16.3. The third-order valence-electron chi connectivity index (χ3n) is 4.22. The lowest BCUT2D eigenvalue weighted by Gasteiger charge is -2.18. The van der Waals surface area contributed by atoms with Gasteiger partial charge in [-0.1, -0.05) is 6.07 Å². The van der Waals surface area contributed by atoms with Crippen molar-refractivity contribution in [2.45, 2.75) is 30.7 Å². The molecule has 0 radical (unpaired) electrons. The fourth-order valence-electron chi connectivity index (χ4n) is 2.55. The molecule has 0 aliphatic heterocycles. The summed E-state index contributed by atoms with van der Waals surface area (Å²) in [5.41, 5.74) is 0.420. The van der Waals surface area contributed by atoms with E-state index in [4.69, 9.17) is 0 Å². The van der Waals surface area contributed by atoms with Crippen molar-refractivity contribution < 1.29 is 26.4 Å². The summed E-state index contributed by atoms with van der Waals surface area (Å²) in [6, 6.07) is 7.35. The van der Waals surface area contributed by atoms with E-state index in [0.717, 1.165) is 28.6 Å². The zero-order chi connectivity index (χ0) is 20.9. The molecule has 152 valence electrons. The maximum absolute atomic E-state index is 13.3. The fraction of sp³-hybridized carbons (Fsp3) is 0.316.